The molecule has 0 radical (unpaired) electrons. The molecule has 0 aliphatic heterocycles. The fourth-order valence-electron chi connectivity index (χ4n) is 1.33. The van der Waals surface area contributed by atoms with E-state index in [0.29, 0.717) is 0 Å². The lowest BCUT2D eigenvalue weighted by Crippen LogP contribution is -2.47. The van der Waals surface area contributed by atoms with Crippen molar-refractivity contribution in [3.05, 3.63) is 35.9 Å². The summed E-state index contributed by atoms with van der Waals surface area (Å²) in [5.41, 5.74) is 0.726. The van der Waals surface area contributed by atoms with Gasteiger partial charge in [-0.3, -0.25) is 4.79 Å². The van der Waals surface area contributed by atoms with Gasteiger partial charge in [0.05, 0.1) is 13.5 Å². The van der Waals surface area contributed by atoms with Gasteiger partial charge >= 0.3 is 11.9 Å². The van der Waals surface area contributed by atoms with Crippen molar-refractivity contribution in [2.24, 2.45) is 0 Å². The molecule has 1 atom stereocenters. The van der Waals surface area contributed by atoms with Gasteiger partial charge in [-0.25, -0.2) is 9.59 Å². The Morgan fingerprint density at radius 2 is 1.89 bits per heavy atom. The van der Waals surface area contributed by atoms with E-state index < -0.39 is 23.9 Å². The first-order valence-corrected chi connectivity index (χ1v) is 5.18. The minimum absolute atomic E-state index is 0.00160. The Morgan fingerprint density at radius 3 is 2.39 bits per heavy atom. The van der Waals surface area contributed by atoms with Gasteiger partial charge < -0.3 is 15.2 Å². The Labute approximate surface area is 104 Å². The number of methoxy groups -OCH3 is 1. The predicted molar refractivity (Wildman–Crippen MR) is 61.7 cm³/mol. The van der Waals surface area contributed by atoms with Crippen LogP contribution in [0, 0.1) is 0 Å². The van der Waals surface area contributed by atoms with E-state index in [-0.39, 0.29) is 6.42 Å². The zero-order chi connectivity index (χ0) is 13.5. The Morgan fingerprint density at radius 1 is 1.28 bits per heavy atom. The second-order valence-corrected chi connectivity index (χ2v) is 3.52. The van der Waals surface area contributed by atoms with Crippen LogP contribution in [0.2, 0.25) is 0 Å². The number of carbonyl (C=O) groups is 3. The quantitative estimate of drug-likeness (QED) is 0.566. The van der Waals surface area contributed by atoms with Crippen LogP contribution in [0.15, 0.2) is 30.3 Å². The number of hydrogen-bond acceptors (Lipinski definition) is 4. The molecule has 96 valence electrons. The Hall–Kier alpha value is -2.37. The van der Waals surface area contributed by atoms with Gasteiger partial charge in [-0.15, -0.1) is 0 Å². The minimum Gasteiger partial charge on any atom is -0.479 e. The van der Waals surface area contributed by atoms with E-state index >= 15 is 0 Å². The number of carbonyl (C=O) groups excluding carboxylic acids is 2. The summed E-state index contributed by atoms with van der Waals surface area (Å²) in [4.78, 5) is 33.5. The summed E-state index contributed by atoms with van der Waals surface area (Å²) in [7, 11) is 1.06. The molecule has 2 N–H and O–H groups in total. The lowest BCUT2D eigenvalue weighted by atomic mass is 10.1. The number of ether oxygens (including phenoxy) is 1. The van der Waals surface area contributed by atoms with Crippen LogP contribution in [0.25, 0.3) is 0 Å². The number of esters is 1. The number of rotatable bonds is 5. The minimum atomic E-state index is -1.67. The molecule has 0 saturated carbocycles. The summed E-state index contributed by atoms with van der Waals surface area (Å²) in [6, 6.07) is 7.11. The van der Waals surface area contributed by atoms with E-state index in [2.05, 4.69) is 10.1 Å². The van der Waals surface area contributed by atoms with Crippen LogP contribution in [-0.4, -0.2) is 36.1 Å². The van der Waals surface area contributed by atoms with E-state index in [4.69, 9.17) is 5.11 Å². The Kier molecular flexibility index (Phi) is 4.86. The molecule has 1 aromatic carbocycles. The van der Waals surface area contributed by atoms with E-state index in [0.717, 1.165) is 12.7 Å². The molecule has 0 spiro atoms. The highest BCUT2D eigenvalue weighted by atomic mass is 16.5. The summed E-state index contributed by atoms with van der Waals surface area (Å²) in [6.45, 7) is 0. The standard InChI is InChI=1S/C12H13NO5/c1-18-12(17)10(11(15)16)13-9(14)7-8-5-3-2-4-6-8/h2-6,10H,7H2,1H3,(H,13,14)(H,15,16). The number of carboxylic acids is 1. The van der Waals surface area contributed by atoms with Gasteiger partial charge in [-0.05, 0) is 5.56 Å². The van der Waals surface area contributed by atoms with E-state index in [9.17, 15) is 14.4 Å². The average molecular weight is 251 g/mol. The van der Waals surface area contributed by atoms with Crippen molar-refractivity contribution < 1.29 is 24.2 Å². The number of carboxylic acid groups (broad SMARTS) is 1. The van der Waals surface area contributed by atoms with Gasteiger partial charge in [0.2, 0.25) is 11.9 Å². The van der Waals surface area contributed by atoms with Crippen LogP contribution in [0.5, 0.6) is 0 Å². The Balaban J connectivity index is 2.62. The van der Waals surface area contributed by atoms with Crippen molar-refractivity contribution in [2.45, 2.75) is 12.5 Å². The third-order valence-electron chi connectivity index (χ3n) is 2.20. The molecule has 0 aliphatic rings. The molecular formula is C12H13NO5. The van der Waals surface area contributed by atoms with Crippen LogP contribution in [0.3, 0.4) is 0 Å². The molecule has 0 bridgehead atoms. The molecule has 0 heterocycles. The number of nitrogens with one attached hydrogen (secondary N) is 1. The normalized spacial score (nSPS) is 11.4. The smallest absolute Gasteiger partial charge is 0.340 e. The van der Waals surface area contributed by atoms with Gasteiger partial charge in [0.1, 0.15) is 0 Å². The monoisotopic (exact) mass is 251 g/mol. The Bertz CT molecular complexity index is 443. The van der Waals surface area contributed by atoms with Crippen molar-refractivity contribution >= 4 is 17.8 Å². The molecular weight excluding hydrogens is 238 g/mol. The largest absolute Gasteiger partial charge is 0.479 e. The molecule has 0 saturated heterocycles. The highest BCUT2D eigenvalue weighted by Crippen LogP contribution is 2.00. The predicted octanol–water partition coefficient (Wildman–Crippen LogP) is -0.0285. The van der Waals surface area contributed by atoms with Crippen LogP contribution in [0.4, 0.5) is 0 Å². The highest BCUT2D eigenvalue weighted by molar-refractivity contribution is 6.01. The van der Waals surface area contributed by atoms with Crippen molar-refractivity contribution in [3.8, 4) is 0 Å². The maximum absolute atomic E-state index is 11.6. The molecule has 1 unspecified atom stereocenters. The van der Waals surface area contributed by atoms with E-state index in [1.165, 1.54) is 0 Å². The third kappa shape index (κ3) is 3.89. The van der Waals surface area contributed by atoms with Crippen molar-refractivity contribution in [3.63, 3.8) is 0 Å². The SMILES string of the molecule is COC(=O)C(NC(=O)Cc1ccccc1)C(=O)O. The first-order valence-electron chi connectivity index (χ1n) is 5.18. The van der Waals surface area contributed by atoms with Gasteiger partial charge in [0.25, 0.3) is 0 Å². The number of benzene rings is 1. The van der Waals surface area contributed by atoms with Crippen LogP contribution in [-0.2, 0) is 25.5 Å². The second kappa shape index (κ2) is 6.39. The fraction of sp³-hybridized carbons (Fsp3) is 0.250. The number of aliphatic carboxylic acids is 1. The molecule has 1 amide bonds. The van der Waals surface area contributed by atoms with Gasteiger partial charge in [0.15, 0.2) is 0 Å². The molecule has 0 aromatic heterocycles. The molecule has 18 heavy (non-hydrogen) atoms. The lowest BCUT2D eigenvalue weighted by molar-refractivity contribution is -0.155. The zero-order valence-electron chi connectivity index (χ0n) is 9.75. The molecule has 6 nitrogen and oxygen atoms in total. The van der Waals surface area contributed by atoms with Crippen molar-refractivity contribution in [1.82, 2.24) is 5.32 Å². The molecule has 1 rings (SSSR count). The summed E-state index contributed by atoms with van der Waals surface area (Å²) in [6.07, 6.45) is 0.00160. The fourth-order valence-corrected chi connectivity index (χ4v) is 1.33. The topological polar surface area (TPSA) is 92.7 Å². The maximum atomic E-state index is 11.6. The maximum Gasteiger partial charge on any atom is 0.340 e. The lowest BCUT2D eigenvalue weighted by Gasteiger charge is -2.12. The molecule has 0 aliphatic carbocycles. The van der Waals surface area contributed by atoms with Gasteiger partial charge in [0, 0.05) is 0 Å². The molecule has 1 aromatic rings. The zero-order valence-corrected chi connectivity index (χ0v) is 9.75. The van der Waals surface area contributed by atoms with Gasteiger partial charge in [-0.2, -0.15) is 0 Å². The van der Waals surface area contributed by atoms with Crippen LogP contribution >= 0.6 is 0 Å². The molecule has 0 fully saturated rings. The average Bonchev–Trinajstić information content (AvgIpc) is 2.36. The summed E-state index contributed by atoms with van der Waals surface area (Å²) in [5.74, 6) is -3.02. The first kappa shape index (κ1) is 13.7. The number of hydrogen-bond donors (Lipinski definition) is 2. The highest BCUT2D eigenvalue weighted by Gasteiger charge is 2.28. The number of amides is 1. The molecule has 6 heteroatoms. The van der Waals surface area contributed by atoms with Gasteiger partial charge in [-0.1, -0.05) is 30.3 Å². The van der Waals surface area contributed by atoms with E-state index in [1.54, 1.807) is 30.3 Å². The third-order valence-corrected chi connectivity index (χ3v) is 2.20. The van der Waals surface area contributed by atoms with Crippen molar-refractivity contribution in [1.29, 1.82) is 0 Å². The summed E-state index contributed by atoms with van der Waals surface area (Å²) in [5, 5.41) is 10.9. The van der Waals surface area contributed by atoms with Crippen molar-refractivity contribution in [2.75, 3.05) is 7.11 Å². The first-order chi connectivity index (χ1) is 8.54. The van der Waals surface area contributed by atoms with Crippen LogP contribution < -0.4 is 5.32 Å². The summed E-state index contributed by atoms with van der Waals surface area (Å²) < 4.78 is 4.29. The van der Waals surface area contributed by atoms with Crippen LogP contribution in [0.1, 0.15) is 5.56 Å². The second-order valence-electron chi connectivity index (χ2n) is 3.52. The summed E-state index contributed by atoms with van der Waals surface area (Å²) >= 11 is 0. The van der Waals surface area contributed by atoms with E-state index in [1.807, 2.05) is 0 Å².